The van der Waals surface area contributed by atoms with Gasteiger partial charge in [0, 0.05) is 6.54 Å². The lowest BCUT2D eigenvalue weighted by Gasteiger charge is -2.35. The lowest BCUT2D eigenvalue weighted by Crippen LogP contribution is -2.36. The van der Waals surface area contributed by atoms with Crippen molar-refractivity contribution in [2.45, 2.75) is 66.0 Å². The Kier molecular flexibility index (Phi) is 5.30. The molecule has 0 spiro atoms. The second kappa shape index (κ2) is 6.61. The minimum Gasteiger partial charge on any atom is -0.308 e. The van der Waals surface area contributed by atoms with Gasteiger partial charge in [-0.15, -0.1) is 0 Å². The number of rotatable bonds is 6. The van der Waals surface area contributed by atoms with Crippen LogP contribution in [0, 0.1) is 11.3 Å². The van der Waals surface area contributed by atoms with E-state index < -0.39 is 0 Å². The number of nitrogens with one attached hydrogen (secondary N) is 1. The van der Waals surface area contributed by atoms with E-state index in [0.717, 1.165) is 17.6 Å². The van der Waals surface area contributed by atoms with Crippen molar-refractivity contribution in [2.75, 3.05) is 6.54 Å². The third-order valence-corrected chi connectivity index (χ3v) is 5.39. The van der Waals surface area contributed by atoms with Crippen molar-refractivity contribution < 1.29 is 0 Å². The fourth-order valence-corrected chi connectivity index (χ4v) is 4.18. The SMILES string of the molecule is CCCNC(c1c(Br)cnn1CC)C1CCCC1(C)C. The first-order valence-electron chi connectivity index (χ1n) is 7.95. The van der Waals surface area contributed by atoms with Crippen LogP contribution in [-0.2, 0) is 6.54 Å². The van der Waals surface area contributed by atoms with E-state index in [9.17, 15) is 0 Å². The van der Waals surface area contributed by atoms with Crippen LogP contribution in [0.5, 0.6) is 0 Å². The quantitative estimate of drug-likeness (QED) is 0.823. The van der Waals surface area contributed by atoms with Crippen LogP contribution in [0.3, 0.4) is 0 Å². The topological polar surface area (TPSA) is 29.9 Å². The van der Waals surface area contributed by atoms with Gasteiger partial charge in [0.15, 0.2) is 0 Å². The fraction of sp³-hybridized carbons (Fsp3) is 0.812. The van der Waals surface area contributed by atoms with Crippen molar-refractivity contribution in [1.29, 1.82) is 0 Å². The summed E-state index contributed by atoms with van der Waals surface area (Å²) >= 11 is 3.71. The molecule has 0 aromatic carbocycles. The normalized spacial score (nSPS) is 23.1. The number of halogens is 1. The average Bonchev–Trinajstić information content (AvgIpc) is 2.94. The molecule has 20 heavy (non-hydrogen) atoms. The maximum Gasteiger partial charge on any atom is 0.0698 e. The minimum atomic E-state index is 0.407. The van der Waals surface area contributed by atoms with Crippen LogP contribution in [-0.4, -0.2) is 16.3 Å². The number of aryl methyl sites for hydroxylation is 1. The Hall–Kier alpha value is -0.350. The number of hydrogen-bond acceptors (Lipinski definition) is 2. The highest BCUT2D eigenvalue weighted by Crippen LogP contribution is 2.49. The lowest BCUT2D eigenvalue weighted by atomic mass is 9.76. The summed E-state index contributed by atoms with van der Waals surface area (Å²) in [6.07, 6.45) is 7.11. The molecule has 1 fully saturated rings. The zero-order chi connectivity index (χ0) is 14.8. The highest BCUT2D eigenvalue weighted by molar-refractivity contribution is 9.10. The molecular weight excluding hydrogens is 314 g/mol. The molecule has 2 rings (SSSR count). The average molecular weight is 342 g/mol. The van der Waals surface area contributed by atoms with Gasteiger partial charge in [0.05, 0.1) is 22.4 Å². The summed E-state index contributed by atoms with van der Waals surface area (Å²) in [6, 6.07) is 0.407. The van der Waals surface area contributed by atoms with E-state index in [0.29, 0.717) is 17.4 Å². The highest BCUT2D eigenvalue weighted by atomic mass is 79.9. The first kappa shape index (κ1) is 16.0. The molecule has 114 valence electrons. The van der Waals surface area contributed by atoms with Crippen LogP contribution in [0.2, 0.25) is 0 Å². The van der Waals surface area contributed by atoms with Crippen LogP contribution in [0.1, 0.15) is 65.1 Å². The predicted molar refractivity (Wildman–Crippen MR) is 87.8 cm³/mol. The van der Waals surface area contributed by atoms with Gasteiger partial charge in [-0.25, -0.2) is 0 Å². The third-order valence-electron chi connectivity index (χ3n) is 4.78. The van der Waals surface area contributed by atoms with Gasteiger partial charge in [0.1, 0.15) is 0 Å². The molecule has 2 atom stereocenters. The molecule has 1 heterocycles. The van der Waals surface area contributed by atoms with Crippen LogP contribution in [0.15, 0.2) is 10.7 Å². The molecule has 1 saturated carbocycles. The summed E-state index contributed by atoms with van der Waals surface area (Å²) in [5.41, 5.74) is 1.74. The lowest BCUT2D eigenvalue weighted by molar-refractivity contribution is 0.191. The Bertz CT molecular complexity index is 439. The Morgan fingerprint density at radius 2 is 2.25 bits per heavy atom. The molecule has 1 aromatic rings. The van der Waals surface area contributed by atoms with Gasteiger partial charge < -0.3 is 5.32 Å². The van der Waals surface area contributed by atoms with E-state index in [-0.39, 0.29) is 0 Å². The molecule has 1 aliphatic rings. The maximum absolute atomic E-state index is 4.51. The van der Waals surface area contributed by atoms with Gasteiger partial charge in [-0.05, 0) is 60.0 Å². The van der Waals surface area contributed by atoms with E-state index in [1.54, 1.807) is 0 Å². The maximum atomic E-state index is 4.51. The summed E-state index contributed by atoms with van der Waals surface area (Å²) in [4.78, 5) is 0. The first-order valence-corrected chi connectivity index (χ1v) is 8.75. The Morgan fingerprint density at radius 3 is 2.80 bits per heavy atom. The van der Waals surface area contributed by atoms with E-state index in [1.807, 2.05) is 6.20 Å². The van der Waals surface area contributed by atoms with Crippen molar-refractivity contribution in [3.05, 3.63) is 16.4 Å². The summed E-state index contributed by atoms with van der Waals surface area (Å²) in [5, 5.41) is 8.31. The molecule has 1 aromatic heterocycles. The molecule has 3 nitrogen and oxygen atoms in total. The second-order valence-electron chi connectivity index (χ2n) is 6.61. The predicted octanol–water partition coefficient (Wildman–Crippen LogP) is 4.53. The van der Waals surface area contributed by atoms with E-state index in [1.165, 1.54) is 31.4 Å². The largest absolute Gasteiger partial charge is 0.308 e. The van der Waals surface area contributed by atoms with Gasteiger partial charge in [-0.2, -0.15) is 5.10 Å². The smallest absolute Gasteiger partial charge is 0.0698 e. The third kappa shape index (κ3) is 3.11. The molecule has 2 unspecified atom stereocenters. The number of aromatic nitrogens is 2. The van der Waals surface area contributed by atoms with Crippen molar-refractivity contribution in [1.82, 2.24) is 15.1 Å². The zero-order valence-corrected chi connectivity index (χ0v) is 14.8. The van der Waals surface area contributed by atoms with E-state index in [2.05, 4.69) is 58.7 Å². The van der Waals surface area contributed by atoms with Crippen molar-refractivity contribution in [3.63, 3.8) is 0 Å². The van der Waals surface area contributed by atoms with Gasteiger partial charge >= 0.3 is 0 Å². The second-order valence-corrected chi connectivity index (χ2v) is 7.47. The molecule has 0 radical (unpaired) electrons. The Labute approximate surface area is 131 Å². The number of nitrogens with zero attached hydrogens (tertiary/aromatic N) is 2. The molecular formula is C16H28BrN3. The fourth-order valence-electron chi connectivity index (χ4n) is 3.63. The standard InChI is InChI=1S/C16H28BrN3/c1-5-10-18-14(12-8-7-9-16(12,3)4)15-13(17)11-19-20(15)6-2/h11-12,14,18H,5-10H2,1-4H3. The number of hydrogen-bond donors (Lipinski definition) is 1. The summed E-state index contributed by atoms with van der Waals surface area (Å²) in [7, 11) is 0. The van der Waals surface area contributed by atoms with Crippen LogP contribution >= 0.6 is 15.9 Å². The molecule has 0 aliphatic heterocycles. The van der Waals surface area contributed by atoms with Crippen molar-refractivity contribution >= 4 is 15.9 Å². The molecule has 4 heteroatoms. The molecule has 1 aliphatic carbocycles. The van der Waals surface area contributed by atoms with E-state index in [4.69, 9.17) is 0 Å². The Balaban J connectivity index is 2.34. The van der Waals surface area contributed by atoms with Gasteiger partial charge in [-0.3, -0.25) is 4.68 Å². The Morgan fingerprint density at radius 1 is 1.50 bits per heavy atom. The van der Waals surface area contributed by atoms with Crippen LogP contribution in [0.4, 0.5) is 0 Å². The van der Waals surface area contributed by atoms with Crippen molar-refractivity contribution in [3.8, 4) is 0 Å². The minimum absolute atomic E-state index is 0.407. The molecule has 1 N–H and O–H groups in total. The van der Waals surface area contributed by atoms with Gasteiger partial charge in [0.2, 0.25) is 0 Å². The van der Waals surface area contributed by atoms with Crippen LogP contribution < -0.4 is 5.32 Å². The zero-order valence-electron chi connectivity index (χ0n) is 13.2. The van der Waals surface area contributed by atoms with Gasteiger partial charge in [0.25, 0.3) is 0 Å². The summed E-state index contributed by atoms with van der Waals surface area (Å²) in [5.74, 6) is 0.687. The van der Waals surface area contributed by atoms with Gasteiger partial charge in [-0.1, -0.05) is 27.2 Å². The molecule has 0 bridgehead atoms. The van der Waals surface area contributed by atoms with Crippen LogP contribution in [0.25, 0.3) is 0 Å². The highest BCUT2D eigenvalue weighted by Gasteiger charge is 2.41. The molecule has 0 amide bonds. The molecule has 0 saturated heterocycles. The monoisotopic (exact) mass is 341 g/mol. The summed E-state index contributed by atoms with van der Waals surface area (Å²) in [6.45, 7) is 11.2. The van der Waals surface area contributed by atoms with Crippen molar-refractivity contribution in [2.24, 2.45) is 11.3 Å². The summed E-state index contributed by atoms with van der Waals surface area (Å²) < 4.78 is 3.29. The van der Waals surface area contributed by atoms with E-state index >= 15 is 0 Å². The first-order chi connectivity index (χ1) is 9.51.